The highest BCUT2D eigenvalue weighted by atomic mass is 31.3. The number of carbonyl (C=O) groups excluding carboxylic acids is 2. The summed E-state index contributed by atoms with van der Waals surface area (Å²) in [5.41, 5.74) is 21.2. The van der Waals surface area contributed by atoms with Crippen molar-refractivity contribution in [1.82, 2.24) is 30.2 Å². The summed E-state index contributed by atoms with van der Waals surface area (Å²) in [5.74, 6) is -0.258. The van der Waals surface area contributed by atoms with Gasteiger partial charge < -0.3 is 57.1 Å². The molecule has 5 aromatic rings. The predicted octanol–water partition coefficient (Wildman–Crippen LogP) is 0.343. The fraction of sp³-hybridized carbons (Fsp3) is 0.333. The van der Waals surface area contributed by atoms with E-state index in [4.69, 9.17) is 36.5 Å². The molecule has 12 N–H and O–H groups in total. The fourth-order valence-corrected chi connectivity index (χ4v) is 7.60. The van der Waals surface area contributed by atoms with Crippen molar-refractivity contribution in [1.29, 1.82) is 0 Å². The molecule has 0 spiro atoms. The second kappa shape index (κ2) is 15.8. The highest BCUT2D eigenvalue weighted by Gasteiger charge is 2.49. The summed E-state index contributed by atoms with van der Waals surface area (Å²) in [6.45, 7) is -0.528. The minimum atomic E-state index is -5.45. The van der Waals surface area contributed by atoms with Crippen molar-refractivity contribution in [3.8, 4) is 0 Å². The zero-order chi connectivity index (χ0) is 38.8. The highest BCUT2D eigenvalue weighted by molar-refractivity contribution is 7.60. The van der Waals surface area contributed by atoms with Crippen molar-refractivity contribution in [2.45, 2.75) is 43.9 Å². The molecule has 0 saturated carbocycles. The lowest BCUT2D eigenvalue weighted by Gasteiger charge is -2.21. The number of rotatable bonds is 14. The second-order valence-electron chi connectivity index (χ2n) is 12.2. The summed E-state index contributed by atoms with van der Waals surface area (Å²) in [7, 11) is -10.8. The Bertz CT molecular complexity index is 2250. The number of aryl methyl sites for hydroxylation is 1. The number of amides is 2. The Kier molecular flexibility index (Phi) is 11.3. The Morgan fingerprint density at radius 3 is 2.28 bits per heavy atom. The van der Waals surface area contributed by atoms with Crippen LogP contribution in [0.1, 0.15) is 19.1 Å². The number of alkyl carbamates (subject to hydrolysis) is 1. The number of benzene rings is 2. The Morgan fingerprint density at radius 2 is 1.61 bits per heavy atom. The van der Waals surface area contributed by atoms with Crippen molar-refractivity contribution in [3.63, 3.8) is 0 Å². The number of aromatic nitrogens is 5. The van der Waals surface area contributed by atoms with Crippen LogP contribution < -0.4 is 32.4 Å². The average Bonchev–Trinajstić information content (AvgIpc) is 3.66. The number of phosphoric acid groups is 2. The van der Waals surface area contributed by atoms with E-state index in [1.165, 1.54) is 10.9 Å². The van der Waals surface area contributed by atoms with E-state index in [9.17, 15) is 28.7 Å². The fourth-order valence-electron chi connectivity index (χ4n) is 6.00. The molecule has 1 fully saturated rings. The molecule has 1 unspecified atom stereocenters. The lowest BCUT2D eigenvalue weighted by atomic mass is 10.1. The van der Waals surface area contributed by atoms with Crippen LogP contribution in [-0.2, 0) is 38.8 Å². The first-order valence-corrected chi connectivity index (χ1v) is 19.2. The number of pyridine rings is 1. The molecule has 22 nitrogen and oxygen atoms in total. The van der Waals surface area contributed by atoms with Gasteiger partial charge in [0.05, 0.1) is 12.9 Å². The topological polar surface area (TPSA) is 336 Å². The number of aliphatic hydroxyl groups is 1. The number of imidazole rings is 1. The number of carbonyl (C=O) groups is 2. The molecule has 4 heterocycles. The summed E-state index contributed by atoms with van der Waals surface area (Å²) in [5, 5.41) is 18.3. The van der Waals surface area contributed by atoms with Crippen molar-refractivity contribution >= 4 is 77.8 Å². The number of nitrogens with zero attached hydrogens (tertiary/aromatic N) is 5. The van der Waals surface area contributed by atoms with Gasteiger partial charge in [0.1, 0.15) is 30.6 Å². The van der Waals surface area contributed by atoms with Crippen molar-refractivity contribution in [2.24, 2.45) is 0 Å². The van der Waals surface area contributed by atoms with Gasteiger partial charge in [-0.05, 0) is 30.3 Å². The van der Waals surface area contributed by atoms with Crippen LogP contribution in [0.4, 0.5) is 22.0 Å². The molecule has 0 bridgehead atoms. The van der Waals surface area contributed by atoms with Gasteiger partial charge in [0.15, 0.2) is 23.8 Å². The Hall–Kier alpha value is -5.02. The smallest absolute Gasteiger partial charge is 0.440 e. The molecule has 2 amide bonds. The quantitative estimate of drug-likeness (QED) is 0.0241. The standard InChI is InChI=1S/C30H36N10O12P2/c31-18-5-3-16-10-17-4-6-19(32)12-21(17)39(20(16)11-18)9-1-2-23(41)34-7-8-35-30(43)51-26-22(13-49-54(47,48)52-53(44,45)46)50-29(25(26)42)40-15-38-24-27(33)36-14-37-28(24)40/h3-6,10-12,14-15,22,25-26,29,42H,1-2,7-9,13H2,(H10,31,32,33,34,35,36,37,41,43,44,45,46,47,48)/p+1/t22-,25-,26-,29-/m1/s1. The zero-order valence-corrected chi connectivity index (χ0v) is 30.0. The number of ether oxygens (including phenoxy) is 2. The first-order chi connectivity index (χ1) is 25.6. The van der Waals surface area contributed by atoms with E-state index in [1.54, 1.807) is 0 Å². The van der Waals surface area contributed by atoms with E-state index in [1.807, 2.05) is 42.5 Å². The summed E-state index contributed by atoms with van der Waals surface area (Å²) in [6, 6.07) is 13.3. The highest BCUT2D eigenvalue weighted by Crippen LogP contribution is 2.57. The Morgan fingerprint density at radius 1 is 0.944 bits per heavy atom. The van der Waals surface area contributed by atoms with Gasteiger partial charge in [0, 0.05) is 60.2 Å². The third kappa shape index (κ3) is 9.01. The number of nitrogen functional groups attached to an aromatic ring is 3. The van der Waals surface area contributed by atoms with E-state index in [0.29, 0.717) is 24.3 Å². The molecule has 3 aromatic heterocycles. The van der Waals surface area contributed by atoms with Gasteiger partial charge in [0.2, 0.25) is 16.9 Å². The minimum absolute atomic E-state index is 0.0137. The maximum Gasteiger partial charge on any atom is 0.481 e. The number of nitrogens with two attached hydrogens (primary N) is 3. The number of nitrogens with one attached hydrogen (secondary N) is 2. The summed E-state index contributed by atoms with van der Waals surface area (Å²) >= 11 is 0. The Labute approximate surface area is 305 Å². The molecule has 1 aliphatic heterocycles. The van der Waals surface area contributed by atoms with Gasteiger partial charge in [-0.2, -0.15) is 8.88 Å². The maximum absolute atomic E-state index is 12.8. The average molecular weight is 792 g/mol. The van der Waals surface area contributed by atoms with Crippen molar-refractivity contribution in [2.75, 3.05) is 36.9 Å². The lowest BCUT2D eigenvalue weighted by Crippen LogP contribution is -2.42. The number of aliphatic hydroxyl groups excluding tert-OH is 1. The van der Waals surface area contributed by atoms with Crippen molar-refractivity contribution in [3.05, 3.63) is 55.1 Å². The van der Waals surface area contributed by atoms with Gasteiger partial charge in [-0.3, -0.25) is 13.9 Å². The molecule has 0 aliphatic carbocycles. The lowest BCUT2D eigenvalue weighted by molar-refractivity contribution is -0.645. The van der Waals surface area contributed by atoms with Gasteiger partial charge in [-0.25, -0.2) is 28.9 Å². The molecule has 1 saturated heterocycles. The number of phosphoric ester groups is 1. The third-order valence-corrected chi connectivity index (χ3v) is 10.5. The second-order valence-corrected chi connectivity index (χ2v) is 15.0. The molecular weight excluding hydrogens is 754 g/mol. The van der Waals surface area contributed by atoms with Crippen LogP contribution in [0.15, 0.2) is 55.1 Å². The van der Waals surface area contributed by atoms with Crippen LogP contribution in [0.2, 0.25) is 0 Å². The van der Waals surface area contributed by atoms with Gasteiger partial charge in [0.25, 0.3) is 0 Å². The van der Waals surface area contributed by atoms with E-state index in [-0.39, 0.29) is 42.4 Å². The molecular formula is C30H37N10O12P2+. The zero-order valence-electron chi connectivity index (χ0n) is 28.2. The van der Waals surface area contributed by atoms with Crippen molar-refractivity contribution < 1.29 is 61.4 Å². The summed E-state index contributed by atoms with van der Waals surface area (Å²) in [4.78, 5) is 65.1. The molecule has 24 heteroatoms. The van der Waals surface area contributed by atoms with E-state index in [0.717, 1.165) is 28.1 Å². The minimum Gasteiger partial charge on any atom is -0.440 e. The largest absolute Gasteiger partial charge is 0.481 e. The van der Waals surface area contributed by atoms with E-state index < -0.39 is 52.9 Å². The van der Waals surface area contributed by atoms with Crippen LogP contribution in [0.3, 0.4) is 0 Å². The molecule has 0 radical (unpaired) electrons. The van der Waals surface area contributed by atoms with Crippen LogP contribution in [0, 0.1) is 0 Å². The SMILES string of the molecule is Nc1ccc2cc3ccc(N)cc3[n+](CCCC(=O)NCCNC(=O)O[C@H]3[C@@H](O)[C@H](n4cnc5c(N)ncnc54)O[C@@H]3COP(=O)(O)OP(=O)(O)O)c2c1. The normalized spacial score (nSPS) is 19.9. The van der Waals surface area contributed by atoms with Crippen LogP contribution >= 0.6 is 15.6 Å². The third-order valence-electron chi connectivity index (χ3n) is 8.33. The molecule has 1 aliphatic rings. The van der Waals surface area contributed by atoms with Crippen LogP contribution in [0.5, 0.6) is 0 Å². The molecule has 2 aromatic carbocycles. The van der Waals surface area contributed by atoms with Gasteiger partial charge in [-0.1, -0.05) is 0 Å². The first-order valence-electron chi connectivity index (χ1n) is 16.2. The first kappa shape index (κ1) is 38.7. The van der Waals surface area contributed by atoms with E-state index in [2.05, 4.69) is 39.0 Å². The predicted molar refractivity (Wildman–Crippen MR) is 190 cm³/mol. The molecule has 288 valence electrons. The molecule has 5 atom stereocenters. The maximum atomic E-state index is 12.8. The monoisotopic (exact) mass is 791 g/mol. The van der Waals surface area contributed by atoms with Gasteiger partial charge >= 0.3 is 21.7 Å². The number of hydrogen-bond acceptors (Lipinski definition) is 15. The Balaban J connectivity index is 1.04. The molecule has 54 heavy (non-hydrogen) atoms. The van der Waals surface area contributed by atoms with E-state index >= 15 is 0 Å². The number of fused-ring (bicyclic) bond motifs is 3. The van der Waals surface area contributed by atoms with Crippen LogP contribution in [0.25, 0.3) is 33.0 Å². The number of hydrogen-bond donors (Lipinski definition) is 9. The van der Waals surface area contributed by atoms with Gasteiger partial charge in [-0.15, -0.1) is 0 Å². The van der Waals surface area contributed by atoms with Crippen LogP contribution in [-0.4, -0.2) is 89.3 Å². The molecule has 6 rings (SSSR count). The summed E-state index contributed by atoms with van der Waals surface area (Å²) < 4.78 is 46.1. The summed E-state index contributed by atoms with van der Waals surface area (Å²) in [6.07, 6.45) is -4.18. The number of anilines is 3.